The van der Waals surface area contributed by atoms with Crippen LogP contribution in [-0.4, -0.2) is 25.8 Å². The van der Waals surface area contributed by atoms with E-state index in [1.54, 1.807) is 0 Å². The van der Waals surface area contributed by atoms with E-state index in [0.717, 1.165) is 38.5 Å². The van der Waals surface area contributed by atoms with Crippen LogP contribution >= 0.6 is 12.4 Å². The molecule has 3 N–H and O–H groups in total. The molecule has 0 heterocycles. The molecule has 0 spiro atoms. The van der Waals surface area contributed by atoms with E-state index in [-0.39, 0.29) is 29.7 Å². The fourth-order valence-electron chi connectivity index (χ4n) is 1.99. The van der Waals surface area contributed by atoms with Crippen LogP contribution in [0.15, 0.2) is 0 Å². The molecule has 2 saturated carbocycles. The molecule has 15 heavy (non-hydrogen) atoms. The largest absolute Gasteiger partial charge is 0.326 e. The lowest BCUT2D eigenvalue weighted by atomic mass is 9.92. The maximum Gasteiger partial charge on any atom is 0.214 e. The molecule has 0 radical (unpaired) electrons. The van der Waals surface area contributed by atoms with Gasteiger partial charge in [-0.25, -0.2) is 13.1 Å². The summed E-state index contributed by atoms with van der Waals surface area (Å²) in [5.41, 5.74) is 5.88. The van der Waals surface area contributed by atoms with E-state index < -0.39 is 10.0 Å². The lowest BCUT2D eigenvalue weighted by Crippen LogP contribution is -2.50. The number of nitrogens with one attached hydrogen (secondary N) is 1. The molecule has 2 rings (SSSR count). The maximum atomic E-state index is 11.6. The molecule has 0 aliphatic heterocycles. The molecular formula is C9H19ClN2O2S. The van der Waals surface area contributed by atoms with Crippen molar-refractivity contribution in [3.05, 3.63) is 0 Å². The van der Waals surface area contributed by atoms with Gasteiger partial charge in [-0.05, 0) is 25.7 Å². The van der Waals surface area contributed by atoms with E-state index in [0.29, 0.717) is 0 Å². The quantitative estimate of drug-likeness (QED) is 0.781. The third-order valence-corrected chi connectivity index (χ3v) is 5.08. The first-order valence-corrected chi connectivity index (χ1v) is 6.91. The molecule has 2 atom stereocenters. The topological polar surface area (TPSA) is 72.2 Å². The van der Waals surface area contributed by atoms with Gasteiger partial charge in [-0.15, -0.1) is 12.4 Å². The number of nitrogens with two attached hydrogens (primary N) is 1. The van der Waals surface area contributed by atoms with Crippen LogP contribution in [-0.2, 0) is 10.0 Å². The first-order chi connectivity index (χ1) is 6.59. The Balaban J connectivity index is 0.00000112. The number of hydrogen-bond acceptors (Lipinski definition) is 3. The van der Waals surface area contributed by atoms with Gasteiger partial charge in [0.15, 0.2) is 0 Å². The molecule has 0 amide bonds. The van der Waals surface area contributed by atoms with Crippen molar-refractivity contribution < 1.29 is 8.42 Å². The highest BCUT2D eigenvalue weighted by Crippen LogP contribution is 2.28. The van der Waals surface area contributed by atoms with Gasteiger partial charge >= 0.3 is 0 Å². The zero-order valence-electron chi connectivity index (χ0n) is 8.69. The zero-order valence-corrected chi connectivity index (χ0v) is 10.3. The highest BCUT2D eigenvalue weighted by Gasteiger charge is 2.38. The third-order valence-electron chi connectivity index (χ3n) is 3.10. The minimum Gasteiger partial charge on any atom is -0.326 e. The normalized spacial score (nSPS) is 32.1. The summed E-state index contributed by atoms with van der Waals surface area (Å²) >= 11 is 0. The molecule has 0 aromatic rings. The van der Waals surface area contributed by atoms with Crippen molar-refractivity contribution >= 4 is 22.4 Å². The standard InChI is InChI=1S/C9H18N2O2S.ClH/c10-8-3-1-2-4-9(8)11-14(12,13)7-5-6-7;/h7-9,11H,1-6,10H2;1H/t8-,9-;/m1./s1. The summed E-state index contributed by atoms with van der Waals surface area (Å²) in [6.45, 7) is 0. The van der Waals surface area contributed by atoms with Crippen LogP contribution < -0.4 is 10.5 Å². The second-order valence-electron chi connectivity index (χ2n) is 4.42. The first-order valence-electron chi connectivity index (χ1n) is 5.36. The Kier molecular flexibility index (Phi) is 4.40. The smallest absolute Gasteiger partial charge is 0.214 e. The fourth-order valence-corrected chi connectivity index (χ4v) is 3.66. The van der Waals surface area contributed by atoms with Gasteiger partial charge in [-0.3, -0.25) is 0 Å². The Morgan fingerprint density at radius 3 is 2.20 bits per heavy atom. The zero-order chi connectivity index (χ0) is 10.2. The predicted octanol–water partition coefficient (Wildman–Crippen LogP) is 0.760. The SMILES string of the molecule is Cl.N[C@@H]1CCCC[C@H]1NS(=O)(=O)C1CC1. The predicted molar refractivity (Wildman–Crippen MR) is 62.6 cm³/mol. The van der Waals surface area contributed by atoms with E-state index in [2.05, 4.69) is 4.72 Å². The van der Waals surface area contributed by atoms with Gasteiger partial charge < -0.3 is 5.73 Å². The molecule has 0 aromatic heterocycles. The van der Waals surface area contributed by atoms with Crippen molar-refractivity contribution in [1.82, 2.24) is 4.72 Å². The van der Waals surface area contributed by atoms with Crippen molar-refractivity contribution in [2.75, 3.05) is 0 Å². The van der Waals surface area contributed by atoms with E-state index >= 15 is 0 Å². The molecule has 2 aliphatic carbocycles. The van der Waals surface area contributed by atoms with E-state index in [1.807, 2.05) is 0 Å². The van der Waals surface area contributed by atoms with Crippen LogP contribution in [0.3, 0.4) is 0 Å². The highest BCUT2D eigenvalue weighted by molar-refractivity contribution is 7.90. The summed E-state index contributed by atoms with van der Waals surface area (Å²) in [5.74, 6) is 0. The second kappa shape index (κ2) is 4.99. The minimum atomic E-state index is -3.05. The van der Waals surface area contributed by atoms with Crippen molar-refractivity contribution in [1.29, 1.82) is 0 Å². The Hall–Kier alpha value is 0.160. The fraction of sp³-hybridized carbons (Fsp3) is 1.00. The Bertz CT molecular complexity index is 303. The van der Waals surface area contributed by atoms with Gasteiger partial charge in [0.05, 0.1) is 5.25 Å². The third kappa shape index (κ3) is 3.31. The molecule has 2 aliphatic rings. The van der Waals surface area contributed by atoms with Gasteiger partial charge in [0.25, 0.3) is 0 Å². The molecule has 90 valence electrons. The molecule has 2 fully saturated rings. The molecule has 0 aromatic carbocycles. The number of halogens is 1. The van der Waals surface area contributed by atoms with Crippen LogP contribution in [0.4, 0.5) is 0 Å². The average Bonchev–Trinajstić information content (AvgIpc) is 2.91. The molecular weight excluding hydrogens is 236 g/mol. The van der Waals surface area contributed by atoms with E-state index in [1.165, 1.54) is 0 Å². The van der Waals surface area contributed by atoms with Crippen LogP contribution in [0.25, 0.3) is 0 Å². The molecule has 0 unspecified atom stereocenters. The molecule has 0 bridgehead atoms. The summed E-state index contributed by atoms with van der Waals surface area (Å²) in [5, 5.41) is -0.128. The van der Waals surface area contributed by atoms with Gasteiger partial charge in [0, 0.05) is 12.1 Å². The Labute approximate surface area is 97.5 Å². The second-order valence-corrected chi connectivity index (χ2v) is 6.41. The van der Waals surface area contributed by atoms with Crippen molar-refractivity contribution in [2.24, 2.45) is 5.73 Å². The lowest BCUT2D eigenvalue weighted by molar-refractivity contribution is 0.361. The molecule has 4 nitrogen and oxygen atoms in total. The number of rotatable bonds is 3. The lowest BCUT2D eigenvalue weighted by Gasteiger charge is -2.28. The minimum absolute atomic E-state index is 0. The van der Waals surface area contributed by atoms with E-state index in [9.17, 15) is 8.42 Å². The highest BCUT2D eigenvalue weighted by atomic mass is 35.5. The summed E-state index contributed by atoms with van der Waals surface area (Å²) in [4.78, 5) is 0. The van der Waals surface area contributed by atoms with Crippen molar-refractivity contribution in [3.63, 3.8) is 0 Å². The van der Waals surface area contributed by atoms with Crippen molar-refractivity contribution in [3.8, 4) is 0 Å². The van der Waals surface area contributed by atoms with Crippen LogP contribution in [0.2, 0.25) is 0 Å². The molecule has 0 saturated heterocycles. The first kappa shape index (κ1) is 13.2. The monoisotopic (exact) mass is 254 g/mol. The van der Waals surface area contributed by atoms with Crippen LogP contribution in [0.5, 0.6) is 0 Å². The van der Waals surface area contributed by atoms with Crippen LogP contribution in [0.1, 0.15) is 38.5 Å². The van der Waals surface area contributed by atoms with E-state index in [4.69, 9.17) is 5.73 Å². The Morgan fingerprint density at radius 1 is 1.07 bits per heavy atom. The van der Waals surface area contributed by atoms with Crippen LogP contribution in [0, 0.1) is 0 Å². The number of sulfonamides is 1. The maximum absolute atomic E-state index is 11.6. The van der Waals surface area contributed by atoms with Gasteiger partial charge in [-0.1, -0.05) is 12.8 Å². The summed E-state index contributed by atoms with van der Waals surface area (Å²) in [6, 6.07) is -0.00775. The van der Waals surface area contributed by atoms with Gasteiger partial charge in [0.1, 0.15) is 0 Å². The molecule has 6 heteroatoms. The summed E-state index contributed by atoms with van der Waals surface area (Å²) in [7, 11) is -3.05. The Morgan fingerprint density at radius 2 is 1.67 bits per heavy atom. The summed E-state index contributed by atoms with van der Waals surface area (Å²) < 4.78 is 26.0. The van der Waals surface area contributed by atoms with Gasteiger partial charge in [-0.2, -0.15) is 0 Å². The van der Waals surface area contributed by atoms with Crippen molar-refractivity contribution in [2.45, 2.75) is 55.9 Å². The van der Waals surface area contributed by atoms with Gasteiger partial charge in [0.2, 0.25) is 10.0 Å². The summed E-state index contributed by atoms with van der Waals surface area (Å²) in [6.07, 6.45) is 5.69. The number of hydrogen-bond donors (Lipinski definition) is 2. The average molecular weight is 255 g/mol.